The van der Waals surface area contributed by atoms with Gasteiger partial charge >= 0.3 is 0 Å². The SMILES string of the molecule is CC(C)n1c(C2CCN(C(=O)C=Cc3ccc([N+](=O)[O-])cc3)CC2)n[nH]c1=S. The van der Waals surface area contributed by atoms with E-state index in [1.54, 1.807) is 18.2 Å². The van der Waals surface area contributed by atoms with Gasteiger partial charge in [-0.3, -0.25) is 20.0 Å². The van der Waals surface area contributed by atoms with Gasteiger partial charge in [-0.05, 0) is 62.7 Å². The Kier molecular flexibility index (Phi) is 6.03. The number of amides is 1. The van der Waals surface area contributed by atoms with Crippen LogP contribution in [-0.2, 0) is 4.79 Å². The van der Waals surface area contributed by atoms with Crippen LogP contribution in [0.3, 0.4) is 0 Å². The molecule has 1 N–H and O–H groups in total. The first-order valence-electron chi connectivity index (χ1n) is 9.25. The quantitative estimate of drug-likeness (QED) is 0.355. The van der Waals surface area contributed by atoms with Crippen LogP contribution in [0.2, 0.25) is 0 Å². The Balaban J connectivity index is 1.59. The molecule has 2 heterocycles. The number of benzene rings is 1. The van der Waals surface area contributed by atoms with Gasteiger partial charge in [-0.1, -0.05) is 0 Å². The summed E-state index contributed by atoms with van der Waals surface area (Å²) in [5.74, 6) is 1.19. The lowest BCUT2D eigenvalue weighted by molar-refractivity contribution is -0.384. The normalized spacial score (nSPS) is 15.5. The van der Waals surface area contributed by atoms with Gasteiger partial charge in [-0.25, -0.2) is 0 Å². The van der Waals surface area contributed by atoms with Crippen molar-refractivity contribution >= 4 is 29.9 Å². The summed E-state index contributed by atoms with van der Waals surface area (Å²) in [7, 11) is 0. The number of nitro groups is 1. The summed E-state index contributed by atoms with van der Waals surface area (Å²) in [6, 6.07) is 6.35. The number of nitrogens with one attached hydrogen (secondary N) is 1. The van der Waals surface area contributed by atoms with Gasteiger partial charge < -0.3 is 9.47 Å². The first kappa shape index (κ1) is 19.9. The number of non-ortho nitro benzene ring substituents is 1. The number of nitrogens with zero attached hydrogens (tertiary/aromatic N) is 4. The maximum Gasteiger partial charge on any atom is 0.269 e. The van der Waals surface area contributed by atoms with Crippen molar-refractivity contribution in [3.05, 3.63) is 56.6 Å². The van der Waals surface area contributed by atoms with Crippen molar-refractivity contribution < 1.29 is 9.72 Å². The number of hydrogen-bond acceptors (Lipinski definition) is 5. The summed E-state index contributed by atoms with van der Waals surface area (Å²) in [5.41, 5.74) is 0.783. The molecule has 1 amide bonds. The number of aromatic nitrogens is 3. The third-order valence-electron chi connectivity index (χ3n) is 4.94. The zero-order valence-corrected chi connectivity index (χ0v) is 16.7. The summed E-state index contributed by atoms with van der Waals surface area (Å²) in [4.78, 5) is 24.5. The van der Waals surface area contributed by atoms with E-state index in [1.807, 2.05) is 9.47 Å². The molecule has 8 nitrogen and oxygen atoms in total. The molecule has 1 aromatic heterocycles. The number of piperidine rings is 1. The number of likely N-dealkylation sites (tertiary alicyclic amines) is 1. The fourth-order valence-corrected chi connectivity index (χ4v) is 3.79. The maximum absolute atomic E-state index is 12.5. The van der Waals surface area contributed by atoms with Crippen LogP contribution in [0.4, 0.5) is 5.69 Å². The molecule has 0 spiro atoms. The van der Waals surface area contributed by atoms with Crippen molar-refractivity contribution in [1.82, 2.24) is 19.7 Å². The Morgan fingerprint density at radius 2 is 1.96 bits per heavy atom. The van der Waals surface area contributed by atoms with E-state index in [2.05, 4.69) is 24.0 Å². The minimum absolute atomic E-state index is 0.0322. The molecule has 0 saturated carbocycles. The molecule has 1 saturated heterocycles. The Morgan fingerprint density at radius 3 is 2.54 bits per heavy atom. The number of carbonyl (C=O) groups excluding carboxylic acids is 1. The Labute approximate surface area is 168 Å². The fourth-order valence-electron chi connectivity index (χ4n) is 3.44. The maximum atomic E-state index is 12.5. The summed E-state index contributed by atoms with van der Waals surface area (Å²) in [6.45, 7) is 5.48. The highest BCUT2D eigenvalue weighted by atomic mass is 32.1. The van der Waals surface area contributed by atoms with Crippen LogP contribution in [-0.4, -0.2) is 43.6 Å². The second-order valence-corrected chi connectivity index (χ2v) is 7.52. The summed E-state index contributed by atoms with van der Waals surface area (Å²) >= 11 is 5.32. The van der Waals surface area contributed by atoms with E-state index in [4.69, 9.17) is 12.2 Å². The van der Waals surface area contributed by atoms with Crippen LogP contribution in [0.5, 0.6) is 0 Å². The molecule has 0 bridgehead atoms. The largest absolute Gasteiger partial charge is 0.339 e. The van der Waals surface area contributed by atoms with E-state index < -0.39 is 4.92 Å². The molecule has 1 aromatic carbocycles. The van der Waals surface area contributed by atoms with E-state index in [0.29, 0.717) is 17.9 Å². The molecule has 28 heavy (non-hydrogen) atoms. The zero-order chi connectivity index (χ0) is 20.3. The number of carbonyl (C=O) groups is 1. The summed E-state index contributed by atoms with van der Waals surface area (Å²) in [5, 5.41) is 18.0. The molecule has 148 valence electrons. The molecular formula is C19H23N5O3S. The van der Waals surface area contributed by atoms with Gasteiger partial charge in [0.1, 0.15) is 5.82 Å². The van der Waals surface area contributed by atoms with Gasteiger partial charge in [0.05, 0.1) is 4.92 Å². The smallest absolute Gasteiger partial charge is 0.269 e. The molecule has 9 heteroatoms. The number of hydrogen-bond donors (Lipinski definition) is 1. The number of rotatable bonds is 5. The molecule has 2 aromatic rings. The Bertz CT molecular complexity index is 937. The average Bonchev–Trinajstić information content (AvgIpc) is 3.08. The Hall–Kier alpha value is -2.81. The number of nitro benzene ring substituents is 1. The lowest BCUT2D eigenvalue weighted by Gasteiger charge is -2.31. The van der Waals surface area contributed by atoms with Crippen molar-refractivity contribution in [2.75, 3.05) is 13.1 Å². The zero-order valence-electron chi connectivity index (χ0n) is 15.9. The van der Waals surface area contributed by atoms with Crippen molar-refractivity contribution in [2.45, 2.75) is 38.6 Å². The lowest BCUT2D eigenvalue weighted by Crippen LogP contribution is -2.37. The first-order chi connectivity index (χ1) is 13.4. The van der Waals surface area contributed by atoms with Crippen LogP contribution in [0.1, 0.15) is 50.0 Å². The van der Waals surface area contributed by atoms with Gasteiger partial charge in [0.15, 0.2) is 4.77 Å². The molecule has 1 aliphatic heterocycles. The van der Waals surface area contributed by atoms with E-state index >= 15 is 0 Å². The van der Waals surface area contributed by atoms with E-state index in [-0.39, 0.29) is 23.6 Å². The number of H-pyrrole nitrogens is 1. The van der Waals surface area contributed by atoms with Crippen LogP contribution < -0.4 is 0 Å². The predicted octanol–water partition coefficient (Wildman–Crippen LogP) is 3.85. The second kappa shape index (κ2) is 8.47. The molecule has 0 atom stereocenters. The van der Waals surface area contributed by atoms with Gasteiger partial charge in [-0.15, -0.1) is 0 Å². The summed E-state index contributed by atoms with van der Waals surface area (Å²) in [6.07, 6.45) is 4.88. The van der Waals surface area contributed by atoms with E-state index in [1.165, 1.54) is 18.2 Å². The monoisotopic (exact) mass is 401 g/mol. The molecule has 1 aliphatic rings. The third-order valence-corrected chi connectivity index (χ3v) is 5.23. The molecule has 0 radical (unpaired) electrons. The highest BCUT2D eigenvalue weighted by Gasteiger charge is 2.27. The average molecular weight is 401 g/mol. The fraction of sp³-hybridized carbons (Fsp3) is 0.421. The number of aromatic amines is 1. The van der Waals surface area contributed by atoms with Crippen LogP contribution in [0, 0.1) is 14.9 Å². The molecule has 0 aliphatic carbocycles. The lowest BCUT2D eigenvalue weighted by atomic mass is 9.95. The van der Waals surface area contributed by atoms with Gasteiger partial charge in [0, 0.05) is 43.3 Å². The van der Waals surface area contributed by atoms with E-state index in [0.717, 1.165) is 24.2 Å². The topological polar surface area (TPSA) is 97.1 Å². The second-order valence-electron chi connectivity index (χ2n) is 7.13. The van der Waals surface area contributed by atoms with Gasteiger partial charge in [-0.2, -0.15) is 5.10 Å². The van der Waals surface area contributed by atoms with Crippen molar-refractivity contribution in [1.29, 1.82) is 0 Å². The Morgan fingerprint density at radius 1 is 1.32 bits per heavy atom. The highest BCUT2D eigenvalue weighted by molar-refractivity contribution is 7.71. The highest BCUT2D eigenvalue weighted by Crippen LogP contribution is 2.28. The molecule has 1 fully saturated rings. The standard InChI is InChI=1S/C19H23N5O3S/c1-13(2)23-18(20-21-19(23)28)15-9-11-22(12-10-15)17(25)8-5-14-3-6-16(7-4-14)24(26)27/h3-8,13,15H,9-12H2,1-2H3,(H,21,28). The molecular weight excluding hydrogens is 378 g/mol. The first-order valence-corrected chi connectivity index (χ1v) is 9.66. The molecule has 0 unspecified atom stereocenters. The third kappa shape index (κ3) is 4.36. The van der Waals surface area contributed by atoms with Crippen molar-refractivity contribution in [2.24, 2.45) is 0 Å². The minimum atomic E-state index is -0.444. The van der Waals surface area contributed by atoms with Crippen molar-refractivity contribution in [3.8, 4) is 0 Å². The predicted molar refractivity (Wildman–Crippen MR) is 108 cm³/mol. The minimum Gasteiger partial charge on any atom is -0.339 e. The van der Waals surface area contributed by atoms with Gasteiger partial charge in [0.2, 0.25) is 5.91 Å². The van der Waals surface area contributed by atoms with Crippen LogP contribution in [0.15, 0.2) is 30.3 Å². The van der Waals surface area contributed by atoms with Crippen LogP contribution >= 0.6 is 12.2 Å². The van der Waals surface area contributed by atoms with E-state index in [9.17, 15) is 14.9 Å². The van der Waals surface area contributed by atoms with Crippen LogP contribution in [0.25, 0.3) is 6.08 Å². The van der Waals surface area contributed by atoms with Gasteiger partial charge in [0.25, 0.3) is 5.69 Å². The summed E-state index contributed by atoms with van der Waals surface area (Å²) < 4.78 is 2.68. The molecule has 3 rings (SSSR count). The van der Waals surface area contributed by atoms with Crippen molar-refractivity contribution in [3.63, 3.8) is 0 Å².